The van der Waals surface area contributed by atoms with Crippen LogP contribution in [0.5, 0.6) is 0 Å². The Morgan fingerprint density at radius 2 is 1.96 bits per heavy atom. The highest BCUT2D eigenvalue weighted by Gasteiger charge is 2.09. The van der Waals surface area contributed by atoms with Gasteiger partial charge in [0.2, 0.25) is 5.71 Å². The smallest absolute Gasteiger partial charge is 0.201 e. The number of benzene rings is 2. The van der Waals surface area contributed by atoms with E-state index in [0.29, 0.717) is 11.5 Å². The summed E-state index contributed by atoms with van der Waals surface area (Å²) in [5.74, 6) is 0.298. The molecule has 3 rings (SSSR count). The molecule has 0 spiro atoms. The van der Waals surface area contributed by atoms with E-state index in [1.807, 2.05) is 42.5 Å². The van der Waals surface area contributed by atoms with E-state index in [2.05, 4.69) is 20.5 Å². The van der Waals surface area contributed by atoms with Gasteiger partial charge in [-0.3, -0.25) is 10.8 Å². The van der Waals surface area contributed by atoms with Gasteiger partial charge in [0.25, 0.3) is 0 Å². The Morgan fingerprint density at radius 3 is 2.70 bits per heavy atom. The zero-order valence-electron chi connectivity index (χ0n) is 12.0. The van der Waals surface area contributed by atoms with Crippen LogP contribution in [-0.4, -0.2) is 21.5 Å². The summed E-state index contributed by atoms with van der Waals surface area (Å²) < 4.78 is 0. The van der Waals surface area contributed by atoms with Gasteiger partial charge in [-0.15, -0.1) is 0 Å². The average molecular weight is 303 g/mol. The zero-order chi connectivity index (χ0) is 16.2. The summed E-state index contributed by atoms with van der Waals surface area (Å²) in [6, 6.07) is 16.9. The molecule has 0 radical (unpaired) electrons. The fourth-order valence-corrected chi connectivity index (χ4v) is 2.13. The number of rotatable bonds is 4. The van der Waals surface area contributed by atoms with Crippen molar-refractivity contribution >= 4 is 28.3 Å². The number of amidine groups is 1. The van der Waals surface area contributed by atoms with Gasteiger partial charge in [0.1, 0.15) is 11.9 Å². The predicted molar refractivity (Wildman–Crippen MR) is 90.1 cm³/mol. The number of anilines is 1. The van der Waals surface area contributed by atoms with Gasteiger partial charge in [-0.2, -0.15) is 10.4 Å². The maximum Gasteiger partial charge on any atom is 0.201 e. The first-order valence-electron chi connectivity index (χ1n) is 6.81. The lowest BCUT2D eigenvalue weighted by Gasteiger charge is -2.06. The second-order valence-electron chi connectivity index (χ2n) is 4.75. The van der Waals surface area contributed by atoms with Crippen molar-refractivity contribution in [2.24, 2.45) is 10.8 Å². The fourth-order valence-electron chi connectivity index (χ4n) is 2.13. The van der Waals surface area contributed by atoms with Gasteiger partial charge in [0, 0.05) is 5.56 Å². The molecular weight excluding hydrogens is 290 g/mol. The number of aromatic nitrogens is 2. The van der Waals surface area contributed by atoms with Gasteiger partial charge in [-0.25, -0.2) is 4.98 Å². The number of nitriles is 1. The Bertz CT molecular complexity index is 913. The van der Waals surface area contributed by atoms with Gasteiger partial charge >= 0.3 is 0 Å². The van der Waals surface area contributed by atoms with Crippen LogP contribution in [0.1, 0.15) is 0 Å². The van der Waals surface area contributed by atoms with Gasteiger partial charge in [-0.1, -0.05) is 24.3 Å². The molecule has 0 amide bonds. The number of imidazole rings is 1. The Kier molecular flexibility index (Phi) is 3.72. The maximum absolute atomic E-state index is 8.90. The molecular formula is C16H13N7. The van der Waals surface area contributed by atoms with Crippen molar-refractivity contribution in [2.75, 3.05) is 5.43 Å². The topological polar surface area (TPSA) is 127 Å². The number of hydrogen-bond acceptors (Lipinski definition) is 5. The third-order valence-electron chi connectivity index (χ3n) is 3.22. The van der Waals surface area contributed by atoms with Crippen molar-refractivity contribution < 1.29 is 0 Å². The number of nitrogens with zero attached hydrogens (tertiary/aromatic N) is 3. The Hall–Kier alpha value is -3.66. The number of hydrazone groups is 1. The molecule has 0 aliphatic rings. The van der Waals surface area contributed by atoms with E-state index in [1.54, 1.807) is 12.1 Å². The second kappa shape index (κ2) is 5.99. The third-order valence-corrected chi connectivity index (χ3v) is 3.22. The minimum atomic E-state index is -0.388. The molecule has 7 heteroatoms. The number of fused-ring (bicyclic) bond motifs is 1. The molecule has 2 aromatic carbocycles. The molecule has 5 N–H and O–H groups in total. The first kappa shape index (κ1) is 14.3. The largest absolute Gasteiger partial charge is 0.382 e. The van der Waals surface area contributed by atoms with E-state index in [9.17, 15) is 0 Å². The first-order valence-corrected chi connectivity index (χ1v) is 6.81. The number of aromatic amines is 1. The van der Waals surface area contributed by atoms with Crippen LogP contribution in [0.3, 0.4) is 0 Å². The van der Waals surface area contributed by atoms with Gasteiger partial charge < -0.3 is 10.7 Å². The standard InChI is InChI=1S/C16H13N7/c17-9-14(15(18)19)23-22-11-6-2-1-5-10(11)16-20-12-7-3-4-8-13(12)21-16/h1-8,22H,(H3,18,19)(H,20,21)/b23-14+. The number of hydrogen-bond donors (Lipinski definition) is 4. The summed E-state index contributed by atoms with van der Waals surface area (Å²) in [7, 11) is 0. The molecule has 0 bridgehead atoms. The highest BCUT2D eigenvalue weighted by molar-refractivity contribution is 6.45. The predicted octanol–water partition coefficient (Wildman–Crippen LogP) is 2.46. The molecule has 112 valence electrons. The molecule has 0 aliphatic carbocycles. The molecule has 23 heavy (non-hydrogen) atoms. The highest BCUT2D eigenvalue weighted by atomic mass is 15.3. The number of nitrogens with one attached hydrogen (secondary N) is 3. The van der Waals surface area contributed by atoms with E-state index in [4.69, 9.17) is 16.4 Å². The molecule has 0 aliphatic heterocycles. The van der Waals surface area contributed by atoms with Crippen molar-refractivity contribution in [1.29, 1.82) is 10.7 Å². The van der Waals surface area contributed by atoms with E-state index >= 15 is 0 Å². The summed E-state index contributed by atoms with van der Waals surface area (Å²) >= 11 is 0. The van der Waals surface area contributed by atoms with Crippen LogP contribution in [0.15, 0.2) is 53.6 Å². The number of H-pyrrole nitrogens is 1. The van der Waals surface area contributed by atoms with Crippen molar-refractivity contribution in [3.63, 3.8) is 0 Å². The molecule has 1 aromatic heterocycles. The van der Waals surface area contributed by atoms with Crippen LogP contribution in [0.4, 0.5) is 5.69 Å². The zero-order valence-corrected chi connectivity index (χ0v) is 12.0. The Balaban J connectivity index is 2.01. The van der Waals surface area contributed by atoms with Crippen molar-refractivity contribution in [2.45, 2.75) is 0 Å². The molecule has 1 heterocycles. The average Bonchev–Trinajstić information content (AvgIpc) is 2.99. The first-order chi connectivity index (χ1) is 11.2. The lowest BCUT2D eigenvalue weighted by atomic mass is 10.2. The van der Waals surface area contributed by atoms with Crippen molar-refractivity contribution in [3.8, 4) is 17.5 Å². The monoisotopic (exact) mass is 303 g/mol. The lowest BCUT2D eigenvalue weighted by Crippen LogP contribution is -2.21. The molecule has 3 aromatic rings. The summed E-state index contributed by atoms with van der Waals surface area (Å²) in [5, 5.41) is 20.0. The van der Waals surface area contributed by atoms with Gasteiger partial charge in [0.05, 0.1) is 16.7 Å². The second-order valence-corrected chi connectivity index (χ2v) is 4.75. The van der Waals surface area contributed by atoms with Crippen LogP contribution in [0, 0.1) is 16.7 Å². The summed E-state index contributed by atoms with van der Waals surface area (Å²) in [6.07, 6.45) is 0. The van der Waals surface area contributed by atoms with E-state index in [1.165, 1.54) is 0 Å². The van der Waals surface area contributed by atoms with E-state index in [-0.39, 0.29) is 11.5 Å². The maximum atomic E-state index is 8.90. The van der Waals surface area contributed by atoms with Crippen LogP contribution < -0.4 is 11.2 Å². The fraction of sp³-hybridized carbons (Fsp3) is 0. The van der Waals surface area contributed by atoms with Crippen molar-refractivity contribution in [1.82, 2.24) is 9.97 Å². The van der Waals surface area contributed by atoms with Gasteiger partial charge in [0.15, 0.2) is 5.84 Å². The van der Waals surface area contributed by atoms with Crippen LogP contribution in [-0.2, 0) is 0 Å². The van der Waals surface area contributed by atoms with Crippen molar-refractivity contribution in [3.05, 3.63) is 48.5 Å². The minimum absolute atomic E-state index is 0.176. The minimum Gasteiger partial charge on any atom is -0.382 e. The molecule has 0 saturated carbocycles. The number of para-hydroxylation sites is 3. The summed E-state index contributed by atoms with van der Waals surface area (Å²) in [6.45, 7) is 0. The molecule has 0 saturated heterocycles. The quantitative estimate of drug-likeness (QED) is 0.335. The SMILES string of the molecule is N#C/C(=N\Nc1ccccc1-c1nc2ccccc2[nH]1)C(=N)N. The molecule has 0 unspecified atom stereocenters. The van der Waals surface area contributed by atoms with E-state index < -0.39 is 0 Å². The Labute approximate surface area is 132 Å². The van der Waals surface area contributed by atoms with Crippen LogP contribution in [0.2, 0.25) is 0 Å². The Morgan fingerprint density at radius 1 is 1.22 bits per heavy atom. The highest BCUT2D eigenvalue weighted by Crippen LogP contribution is 2.27. The number of nitrogens with two attached hydrogens (primary N) is 1. The van der Waals surface area contributed by atoms with E-state index in [0.717, 1.165) is 16.6 Å². The summed E-state index contributed by atoms with van der Waals surface area (Å²) in [5.41, 5.74) is 11.1. The summed E-state index contributed by atoms with van der Waals surface area (Å²) in [4.78, 5) is 7.80. The third kappa shape index (κ3) is 2.87. The molecule has 0 fully saturated rings. The van der Waals surface area contributed by atoms with Crippen LogP contribution >= 0.6 is 0 Å². The molecule has 0 atom stereocenters. The van der Waals surface area contributed by atoms with Gasteiger partial charge in [-0.05, 0) is 24.3 Å². The molecule has 7 nitrogen and oxygen atoms in total. The van der Waals surface area contributed by atoms with Crippen LogP contribution in [0.25, 0.3) is 22.4 Å². The normalized spacial score (nSPS) is 11.2. The lowest BCUT2D eigenvalue weighted by molar-refractivity contribution is 1.29.